The van der Waals surface area contributed by atoms with Crippen LogP contribution in [0.4, 0.5) is 0 Å². The second-order valence-corrected chi connectivity index (χ2v) is 3.78. The van der Waals surface area contributed by atoms with E-state index in [4.69, 9.17) is 16.2 Å². The molecule has 1 rings (SSSR count). The van der Waals surface area contributed by atoms with Gasteiger partial charge in [0.2, 0.25) is 0 Å². The van der Waals surface area contributed by atoms with Gasteiger partial charge in [0.05, 0.1) is 12.7 Å². The summed E-state index contributed by atoms with van der Waals surface area (Å²) < 4.78 is 5.19. The molecule has 1 aromatic carbocycles. The highest BCUT2D eigenvalue weighted by atomic mass is 35.5. The van der Waals surface area contributed by atoms with E-state index < -0.39 is 0 Å². The summed E-state index contributed by atoms with van der Waals surface area (Å²) in [4.78, 5) is 0. The Morgan fingerprint density at radius 3 is 2.65 bits per heavy atom. The molecule has 98 valence electrons. The molecule has 1 aromatic rings. The third-order valence-electron chi connectivity index (χ3n) is 2.60. The number of aromatic hydroxyl groups is 1. The number of phenols is 1. The summed E-state index contributed by atoms with van der Waals surface area (Å²) in [7, 11) is 1.57. The fraction of sp³-hybridized carbons (Fsp3) is 0.500. The normalized spacial score (nSPS) is 11.7. The van der Waals surface area contributed by atoms with Gasteiger partial charge in [-0.3, -0.25) is 0 Å². The molecule has 0 aromatic heterocycles. The molecule has 0 spiro atoms. The number of hydrogen-bond donors (Lipinski definition) is 3. The molecule has 0 fully saturated rings. The van der Waals surface area contributed by atoms with Gasteiger partial charge < -0.3 is 21.3 Å². The Morgan fingerprint density at radius 1 is 1.35 bits per heavy atom. The van der Waals surface area contributed by atoms with Crippen molar-refractivity contribution in [2.45, 2.75) is 25.3 Å². The summed E-state index contributed by atoms with van der Waals surface area (Å²) in [6, 6.07) is 4.96. The van der Waals surface area contributed by atoms with E-state index in [1.165, 1.54) is 0 Å². The molecule has 0 aliphatic heterocycles. The average molecular weight is 261 g/mol. The van der Waals surface area contributed by atoms with Crippen molar-refractivity contribution in [1.29, 1.82) is 0 Å². The first kappa shape index (κ1) is 16.0. The van der Waals surface area contributed by atoms with Crippen LogP contribution in [0.25, 0.3) is 0 Å². The largest absolute Gasteiger partial charge is 0.507 e. The van der Waals surface area contributed by atoms with Crippen LogP contribution in [0.3, 0.4) is 0 Å². The number of halogens is 1. The van der Waals surface area contributed by atoms with Crippen molar-refractivity contribution < 1.29 is 9.84 Å². The Kier molecular flexibility index (Phi) is 7.70. The van der Waals surface area contributed by atoms with Crippen molar-refractivity contribution in [3.05, 3.63) is 23.8 Å². The lowest BCUT2D eigenvalue weighted by atomic mass is 10.00. The minimum Gasteiger partial charge on any atom is -0.507 e. The number of rotatable bonds is 6. The molecular weight excluding hydrogens is 240 g/mol. The maximum Gasteiger partial charge on any atom is 0.127 e. The molecule has 0 amide bonds. The molecule has 5 N–H and O–H groups in total. The summed E-state index contributed by atoms with van der Waals surface area (Å²) in [6.45, 7) is 0.671. The van der Waals surface area contributed by atoms with E-state index in [1.807, 2.05) is 0 Å². The van der Waals surface area contributed by atoms with Crippen molar-refractivity contribution in [3.8, 4) is 11.5 Å². The zero-order valence-electron chi connectivity index (χ0n) is 10.1. The molecule has 0 unspecified atom stereocenters. The highest BCUT2D eigenvalue weighted by molar-refractivity contribution is 5.85. The molecule has 0 heterocycles. The Balaban J connectivity index is 0.00000256. The van der Waals surface area contributed by atoms with Crippen LogP contribution < -0.4 is 16.2 Å². The SMILES string of the molecule is COc1cccc(O)c1[C@H](N)CCCCN.Cl. The number of phenolic OH excluding ortho intramolecular Hbond substituents is 1. The monoisotopic (exact) mass is 260 g/mol. The summed E-state index contributed by atoms with van der Waals surface area (Å²) >= 11 is 0. The molecule has 0 saturated carbocycles. The number of nitrogens with two attached hydrogens (primary N) is 2. The third kappa shape index (κ3) is 4.42. The molecule has 0 radical (unpaired) electrons. The van der Waals surface area contributed by atoms with Crippen molar-refractivity contribution >= 4 is 12.4 Å². The van der Waals surface area contributed by atoms with Crippen LogP contribution in [0.1, 0.15) is 30.9 Å². The van der Waals surface area contributed by atoms with Gasteiger partial charge >= 0.3 is 0 Å². The molecule has 0 aliphatic carbocycles. The van der Waals surface area contributed by atoms with E-state index in [0.717, 1.165) is 19.3 Å². The maximum absolute atomic E-state index is 9.76. The third-order valence-corrected chi connectivity index (χ3v) is 2.60. The van der Waals surface area contributed by atoms with Gasteiger partial charge in [0.15, 0.2) is 0 Å². The Morgan fingerprint density at radius 2 is 2.06 bits per heavy atom. The number of hydrogen-bond acceptors (Lipinski definition) is 4. The number of ether oxygens (including phenoxy) is 1. The summed E-state index contributed by atoms with van der Waals surface area (Å²) in [5, 5.41) is 9.76. The van der Waals surface area contributed by atoms with E-state index in [1.54, 1.807) is 25.3 Å². The standard InChI is InChI=1S/C12H20N2O2.ClH/c1-16-11-7-4-6-10(15)12(11)9(14)5-2-3-8-13;/h4,6-7,9,15H,2-3,5,8,13-14H2,1H3;1H/t9-;/m1./s1. The van der Waals surface area contributed by atoms with E-state index in [2.05, 4.69) is 0 Å². The number of benzene rings is 1. The maximum atomic E-state index is 9.76. The van der Waals surface area contributed by atoms with Gasteiger partial charge in [-0.15, -0.1) is 12.4 Å². The van der Waals surface area contributed by atoms with Gasteiger partial charge in [-0.1, -0.05) is 12.5 Å². The average Bonchev–Trinajstić information content (AvgIpc) is 2.28. The fourth-order valence-corrected chi connectivity index (χ4v) is 1.74. The topological polar surface area (TPSA) is 81.5 Å². The molecular formula is C12H21ClN2O2. The second kappa shape index (κ2) is 8.17. The highest BCUT2D eigenvalue weighted by Gasteiger charge is 2.15. The summed E-state index contributed by atoms with van der Waals surface area (Å²) in [6.07, 6.45) is 2.70. The molecule has 1 atom stereocenters. The predicted octanol–water partition coefficient (Wildman–Crippen LogP) is 1.95. The Bertz CT molecular complexity index is 334. The zero-order valence-corrected chi connectivity index (χ0v) is 10.9. The fourth-order valence-electron chi connectivity index (χ4n) is 1.74. The van der Waals surface area contributed by atoms with Crippen LogP contribution in [0.5, 0.6) is 11.5 Å². The van der Waals surface area contributed by atoms with E-state index in [9.17, 15) is 5.11 Å². The second-order valence-electron chi connectivity index (χ2n) is 3.78. The van der Waals surface area contributed by atoms with Crippen LogP contribution in [-0.4, -0.2) is 18.8 Å². The van der Waals surface area contributed by atoms with Gasteiger partial charge in [-0.05, 0) is 31.5 Å². The Labute approximate surface area is 108 Å². The lowest BCUT2D eigenvalue weighted by molar-refractivity contribution is 0.390. The number of unbranched alkanes of at least 4 members (excludes halogenated alkanes) is 1. The van der Waals surface area contributed by atoms with E-state index in [0.29, 0.717) is 17.9 Å². The molecule has 0 saturated heterocycles. The lowest BCUT2D eigenvalue weighted by Crippen LogP contribution is -2.12. The smallest absolute Gasteiger partial charge is 0.127 e. The van der Waals surface area contributed by atoms with Crippen LogP contribution in [0, 0.1) is 0 Å². The van der Waals surface area contributed by atoms with Crippen molar-refractivity contribution in [3.63, 3.8) is 0 Å². The Hall–Kier alpha value is -0.970. The van der Waals surface area contributed by atoms with Crippen molar-refractivity contribution in [2.75, 3.05) is 13.7 Å². The quantitative estimate of drug-likeness (QED) is 0.683. The van der Waals surface area contributed by atoms with Crippen LogP contribution in [0.15, 0.2) is 18.2 Å². The summed E-state index contributed by atoms with van der Waals surface area (Å²) in [5.74, 6) is 0.833. The summed E-state index contributed by atoms with van der Waals surface area (Å²) in [5.41, 5.74) is 12.1. The molecule has 17 heavy (non-hydrogen) atoms. The van der Waals surface area contributed by atoms with Gasteiger partial charge in [0, 0.05) is 6.04 Å². The van der Waals surface area contributed by atoms with Gasteiger partial charge in [0.25, 0.3) is 0 Å². The van der Waals surface area contributed by atoms with Crippen molar-refractivity contribution in [2.24, 2.45) is 11.5 Å². The highest BCUT2D eigenvalue weighted by Crippen LogP contribution is 2.34. The van der Waals surface area contributed by atoms with Crippen LogP contribution in [-0.2, 0) is 0 Å². The first-order valence-electron chi connectivity index (χ1n) is 5.52. The minimum absolute atomic E-state index is 0. The van der Waals surface area contributed by atoms with Crippen molar-refractivity contribution in [1.82, 2.24) is 0 Å². The zero-order chi connectivity index (χ0) is 12.0. The molecule has 5 heteroatoms. The first-order chi connectivity index (χ1) is 7.70. The first-order valence-corrected chi connectivity index (χ1v) is 5.52. The lowest BCUT2D eigenvalue weighted by Gasteiger charge is -2.16. The van der Waals surface area contributed by atoms with E-state index in [-0.39, 0.29) is 24.2 Å². The minimum atomic E-state index is -0.206. The van der Waals surface area contributed by atoms with Gasteiger partial charge in [-0.25, -0.2) is 0 Å². The van der Waals surface area contributed by atoms with Crippen LogP contribution in [0.2, 0.25) is 0 Å². The molecule has 4 nitrogen and oxygen atoms in total. The predicted molar refractivity (Wildman–Crippen MR) is 71.7 cm³/mol. The number of methoxy groups -OCH3 is 1. The van der Waals surface area contributed by atoms with Gasteiger partial charge in [-0.2, -0.15) is 0 Å². The van der Waals surface area contributed by atoms with Crippen LogP contribution >= 0.6 is 12.4 Å². The van der Waals surface area contributed by atoms with E-state index >= 15 is 0 Å². The molecule has 0 bridgehead atoms. The molecule has 0 aliphatic rings. The van der Waals surface area contributed by atoms with Gasteiger partial charge in [0.1, 0.15) is 11.5 Å².